The van der Waals surface area contributed by atoms with E-state index in [9.17, 15) is 10.1 Å². The van der Waals surface area contributed by atoms with Crippen LogP contribution in [0.4, 0.5) is 5.00 Å². The van der Waals surface area contributed by atoms with Crippen molar-refractivity contribution in [3.63, 3.8) is 0 Å². The third-order valence-corrected chi connectivity index (χ3v) is 6.67. The number of hydrogen-bond donors (Lipinski definition) is 1. The summed E-state index contributed by atoms with van der Waals surface area (Å²) in [5, 5.41) is 15.3. The van der Waals surface area contributed by atoms with Crippen LogP contribution in [0.25, 0.3) is 0 Å². The molecule has 1 amide bonds. The summed E-state index contributed by atoms with van der Waals surface area (Å²) in [6.07, 6.45) is 1.20. The number of nitrogens with one attached hydrogen (secondary N) is 1. The predicted octanol–water partition coefficient (Wildman–Crippen LogP) is 4.84. The lowest BCUT2D eigenvalue weighted by molar-refractivity contribution is -0.115. The Labute approximate surface area is 178 Å². The van der Waals surface area contributed by atoms with E-state index in [1.807, 2.05) is 23.6 Å². The Kier molecular flexibility index (Phi) is 6.87. The number of nitrogens with zero attached hydrogens (tertiary/aromatic N) is 2. The highest BCUT2D eigenvalue weighted by atomic mass is 35.5. The largest absolute Gasteiger partial charge is 0.316 e. The Morgan fingerprint density at radius 3 is 2.75 bits per heavy atom. The first kappa shape index (κ1) is 20.6. The standard InChI is InChI=1S/C21H19N3OS2.ClH/c22-12-18-17-8-9-24(13-15-5-2-1-3-6-15)14-19(17)27-21(18)23-20(25)11-16-7-4-10-26-16;/h1-7,10H,8-9,11,13-14H2,(H,23,25);1H. The number of amides is 1. The predicted molar refractivity (Wildman–Crippen MR) is 117 cm³/mol. The first-order valence-electron chi connectivity index (χ1n) is 8.86. The molecule has 0 saturated heterocycles. The van der Waals surface area contributed by atoms with Crippen molar-refractivity contribution in [1.29, 1.82) is 5.26 Å². The number of rotatable bonds is 5. The fourth-order valence-corrected chi connectivity index (χ4v) is 5.34. The number of nitriles is 1. The van der Waals surface area contributed by atoms with Crippen LogP contribution in [-0.4, -0.2) is 17.4 Å². The highest BCUT2D eigenvalue weighted by Gasteiger charge is 2.25. The van der Waals surface area contributed by atoms with Crippen LogP contribution in [0.15, 0.2) is 47.8 Å². The van der Waals surface area contributed by atoms with Gasteiger partial charge in [-0.1, -0.05) is 36.4 Å². The molecule has 3 heterocycles. The van der Waals surface area contributed by atoms with E-state index in [2.05, 4.69) is 40.6 Å². The normalized spacial score (nSPS) is 13.2. The van der Waals surface area contributed by atoms with Gasteiger partial charge in [-0.05, 0) is 29.0 Å². The van der Waals surface area contributed by atoms with Crippen LogP contribution in [0.5, 0.6) is 0 Å². The average molecular weight is 430 g/mol. The fourth-order valence-electron chi connectivity index (χ4n) is 3.38. The lowest BCUT2D eigenvalue weighted by atomic mass is 10.0. The van der Waals surface area contributed by atoms with Crippen molar-refractivity contribution in [2.24, 2.45) is 0 Å². The van der Waals surface area contributed by atoms with E-state index in [4.69, 9.17) is 0 Å². The Morgan fingerprint density at radius 2 is 2.04 bits per heavy atom. The van der Waals surface area contributed by atoms with Gasteiger partial charge in [0.05, 0.1) is 12.0 Å². The van der Waals surface area contributed by atoms with E-state index in [0.717, 1.165) is 36.5 Å². The number of halogens is 1. The van der Waals surface area contributed by atoms with Gasteiger partial charge >= 0.3 is 0 Å². The summed E-state index contributed by atoms with van der Waals surface area (Å²) >= 11 is 3.12. The number of carbonyl (C=O) groups is 1. The van der Waals surface area contributed by atoms with Crippen LogP contribution in [0.2, 0.25) is 0 Å². The van der Waals surface area contributed by atoms with Crippen molar-refractivity contribution < 1.29 is 4.79 Å². The summed E-state index contributed by atoms with van der Waals surface area (Å²) in [5.74, 6) is -0.0614. The second-order valence-electron chi connectivity index (χ2n) is 6.57. The van der Waals surface area contributed by atoms with Gasteiger partial charge in [0.25, 0.3) is 0 Å². The first-order valence-corrected chi connectivity index (χ1v) is 10.6. The minimum atomic E-state index is -0.0614. The minimum absolute atomic E-state index is 0. The van der Waals surface area contributed by atoms with Crippen molar-refractivity contribution in [3.05, 3.63) is 74.3 Å². The molecule has 2 aromatic heterocycles. The summed E-state index contributed by atoms with van der Waals surface area (Å²) in [6, 6.07) is 16.6. The van der Waals surface area contributed by atoms with Crippen LogP contribution in [0.3, 0.4) is 0 Å². The number of benzene rings is 1. The van der Waals surface area contributed by atoms with E-state index in [1.165, 1.54) is 10.4 Å². The molecule has 4 nitrogen and oxygen atoms in total. The molecule has 1 aliphatic heterocycles. The molecule has 1 aromatic carbocycles. The summed E-state index contributed by atoms with van der Waals surface area (Å²) in [5.41, 5.74) is 3.05. The Morgan fingerprint density at radius 1 is 1.21 bits per heavy atom. The molecule has 3 aromatic rings. The van der Waals surface area contributed by atoms with Gasteiger partial charge in [-0.15, -0.1) is 35.1 Å². The number of thiophene rings is 2. The molecule has 7 heteroatoms. The SMILES string of the molecule is Cl.N#Cc1c(NC(=O)Cc2cccs2)sc2c1CCN(Cc1ccccc1)C2. The summed E-state index contributed by atoms with van der Waals surface area (Å²) in [4.78, 5) is 17.0. The van der Waals surface area contributed by atoms with Crippen LogP contribution in [0, 0.1) is 11.3 Å². The van der Waals surface area contributed by atoms with Gasteiger partial charge in [-0.3, -0.25) is 9.69 Å². The molecule has 4 rings (SSSR count). The molecule has 28 heavy (non-hydrogen) atoms. The maximum absolute atomic E-state index is 12.3. The van der Waals surface area contributed by atoms with Crippen molar-refractivity contribution in [2.75, 3.05) is 11.9 Å². The van der Waals surface area contributed by atoms with E-state index < -0.39 is 0 Å². The zero-order valence-corrected chi connectivity index (χ0v) is 17.6. The van der Waals surface area contributed by atoms with Crippen LogP contribution in [0.1, 0.15) is 26.4 Å². The lowest BCUT2D eigenvalue weighted by Crippen LogP contribution is -2.29. The number of fused-ring (bicyclic) bond motifs is 1. The van der Waals surface area contributed by atoms with Crippen molar-refractivity contribution >= 4 is 46.0 Å². The minimum Gasteiger partial charge on any atom is -0.316 e. The molecule has 0 bridgehead atoms. The molecule has 0 fully saturated rings. The fraction of sp³-hybridized carbons (Fsp3) is 0.238. The Hall–Kier alpha value is -2.17. The van der Waals surface area contributed by atoms with E-state index in [1.54, 1.807) is 22.7 Å². The van der Waals surface area contributed by atoms with Gasteiger partial charge in [-0.25, -0.2) is 0 Å². The molecule has 1 aliphatic rings. The molecule has 0 radical (unpaired) electrons. The monoisotopic (exact) mass is 429 g/mol. The molecule has 144 valence electrons. The summed E-state index contributed by atoms with van der Waals surface area (Å²) < 4.78 is 0. The molecule has 0 saturated carbocycles. The van der Waals surface area contributed by atoms with E-state index >= 15 is 0 Å². The van der Waals surface area contributed by atoms with Crippen LogP contribution in [-0.2, 0) is 30.7 Å². The quantitative estimate of drug-likeness (QED) is 0.631. The van der Waals surface area contributed by atoms with Crippen LogP contribution >= 0.6 is 35.1 Å². The van der Waals surface area contributed by atoms with Gasteiger partial charge in [0.2, 0.25) is 5.91 Å². The molecule has 1 N–H and O–H groups in total. The van der Waals surface area contributed by atoms with Gasteiger partial charge < -0.3 is 5.32 Å². The second kappa shape index (κ2) is 9.35. The Bertz CT molecular complexity index is 977. The van der Waals surface area contributed by atoms with Crippen molar-refractivity contribution in [3.8, 4) is 6.07 Å². The second-order valence-corrected chi connectivity index (χ2v) is 8.71. The number of hydrogen-bond acceptors (Lipinski definition) is 5. The zero-order chi connectivity index (χ0) is 18.6. The van der Waals surface area contributed by atoms with Gasteiger partial charge in [0.15, 0.2) is 0 Å². The molecular weight excluding hydrogens is 410 g/mol. The van der Waals surface area contributed by atoms with Gasteiger partial charge in [0, 0.05) is 29.4 Å². The van der Waals surface area contributed by atoms with Crippen LogP contribution < -0.4 is 5.32 Å². The zero-order valence-electron chi connectivity index (χ0n) is 15.2. The van der Waals surface area contributed by atoms with Crippen molar-refractivity contribution in [1.82, 2.24) is 4.90 Å². The third-order valence-electron chi connectivity index (χ3n) is 4.66. The highest BCUT2D eigenvalue weighted by Crippen LogP contribution is 2.37. The number of carbonyl (C=O) groups excluding carboxylic acids is 1. The molecule has 0 unspecified atom stereocenters. The highest BCUT2D eigenvalue weighted by molar-refractivity contribution is 7.16. The molecular formula is C21H20ClN3OS2. The Balaban J connectivity index is 0.00000225. The van der Waals surface area contributed by atoms with E-state index in [0.29, 0.717) is 17.0 Å². The van der Waals surface area contributed by atoms with Crippen molar-refractivity contribution in [2.45, 2.75) is 25.9 Å². The maximum atomic E-state index is 12.3. The summed E-state index contributed by atoms with van der Waals surface area (Å²) in [6.45, 7) is 2.65. The summed E-state index contributed by atoms with van der Waals surface area (Å²) in [7, 11) is 0. The first-order chi connectivity index (χ1) is 13.2. The van der Waals surface area contributed by atoms with Gasteiger partial charge in [-0.2, -0.15) is 5.26 Å². The molecule has 0 aliphatic carbocycles. The third kappa shape index (κ3) is 4.62. The molecule has 0 spiro atoms. The average Bonchev–Trinajstić information content (AvgIpc) is 3.29. The maximum Gasteiger partial charge on any atom is 0.230 e. The molecule has 0 atom stereocenters. The topological polar surface area (TPSA) is 56.1 Å². The van der Waals surface area contributed by atoms with Gasteiger partial charge in [0.1, 0.15) is 11.1 Å². The smallest absolute Gasteiger partial charge is 0.230 e. The lowest BCUT2D eigenvalue weighted by Gasteiger charge is -2.26. The van der Waals surface area contributed by atoms with E-state index in [-0.39, 0.29) is 18.3 Å². The number of anilines is 1.